The van der Waals surface area contributed by atoms with Crippen LogP contribution in [0.1, 0.15) is 28.5 Å². The topological polar surface area (TPSA) is 38.1 Å². The zero-order chi connectivity index (χ0) is 11.0. The van der Waals surface area contributed by atoms with Crippen LogP contribution in [0.15, 0.2) is 35.1 Å². The fraction of sp³-hybridized carbons (Fsp3) is 0.308. The second-order valence-electron chi connectivity index (χ2n) is 4.15. The van der Waals surface area contributed by atoms with E-state index in [2.05, 4.69) is 34.6 Å². The van der Waals surface area contributed by atoms with Gasteiger partial charge in [-0.2, -0.15) is 0 Å². The van der Waals surface area contributed by atoms with Crippen molar-refractivity contribution < 1.29 is 4.42 Å². The zero-order valence-electron chi connectivity index (χ0n) is 9.23. The van der Waals surface area contributed by atoms with Crippen molar-refractivity contribution in [3.8, 4) is 0 Å². The molecule has 0 saturated heterocycles. The van der Waals surface area contributed by atoms with Crippen molar-refractivity contribution in [3.05, 3.63) is 53.2 Å². The Morgan fingerprint density at radius 3 is 3.12 bits per heavy atom. The van der Waals surface area contributed by atoms with Gasteiger partial charge in [0.2, 0.25) is 0 Å². The second-order valence-corrected chi connectivity index (χ2v) is 4.15. The third kappa shape index (κ3) is 1.36. The van der Waals surface area contributed by atoms with Crippen molar-refractivity contribution in [2.24, 2.45) is 0 Å². The molecule has 16 heavy (non-hydrogen) atoms. The van der Waals surface area contributed by atoms with Gasteiger partial charge in [0.15, 0.2) is 6.39 Å². The maximum Gasteiger partial charge on any atom is 0.181 e. The highest BCUT2D eigenvalue weighted by atomic mass is 16.3. The Hall–Kier alpha value is -1.61. The lowest BCUT2D eigenvalue weighted by molar-refractivity contribution is 0.458. The molecule has 3 rings (SSSR count). The number of benzene rings is 1. The quantitative estimate of drug-likeness (QED) is 0.850. The minimum Gasteiger partial charge on any atom is -0.447 e. The summed E-state index contributed by atoms with van der Waals surface area (Å²) in [5, 5.41) is 3.12. The summed E-state index contributed by atoms with van der Waals surface area (Å²) in [6.45, 7) is 0.768. The monoisotopic (exact) mass is 214 g/mol. The van der Waals surface area contributed by atoms with E-state index in [1.54, 1.807) is 6.39 Å². The standard InChI is InChI=1S/C13H14N2O/c1-14-7-12-13(16-8-15-12)11-6-9-4-2-3-5-10(9)11/h2-5,8,11,14H,6-7H2,1H3. The van der Waals surface area contributed by atoms with E-state index in [9.17, 15) is 0 Å². The van der Waals surface area contributed by atoms with Gasteiger partial charge in [-0.15, -0.1) is 0 Å². The molecule has 1 aromatic heterocycles. The maximum atomic E-state index is 5.53. The van der Waals surface area contributed by atoms with Crippen molar-refractivity contribution in [3.63, 3.8) is 0 Å². The van der Waals surface area contributed by atoms with Gasteiger partial charge in [-0.25, -0.2) is 4.98 Å². The Balaban J connectivity index is 1.93. The molecule has 1 unspecified atom stereocenters. The third-order valence-electron chi connectivity index (χ3n) is 3.19. The summed E-state index contributed by atoms with van der Waals surface area (Å²) >= 11 is 0. The van der Waals surface area contributed by atoms with Crippen molar-refractivity contribution >= 4 is 0 Å². The van der Waals surface area contributed by atoms with Crippen LogP contribution in [-0.4, -0.2) is 12.0 Å². The highest BCUT2D eigenvalue weighted by Crippen LogP contribution is 2.40. The predicted molar refractivity (Wildman–Crippen MR) is 61.3 cm³/mol. The molecule has 1 heterocycles. The summed E-state index contributed by atoms with van der Waals surface area (Å²) in [5.74, 6) is 1.43. The summed E-state index contributed by atoms with van der Waals surface area (Å²) in [7, 11) is 1.92. The maximum absolute atomic E-state index is 5.53. The van der Waals surface area contributed by atoms with Gasteiger partial charge in [-0.05, 0) is 24.6 Å². The largest absolute Gasteiger partial charge is 0.447 e. The predicted octanol–water partition coefficient (Wildman–Crippen LogP) is 2.08. The summed E-state index contributed by atoms with van der Waals surface area (Å²) in [6, 6.07) is 8.53. The molecule has 3 heteroatoms. The van der Waals surface area contributed by atoms with Crippen molar-refractivity contribution in [1.29, 1.82) is 0 Å². The van der Waals surface area contributed by atoms with E-state index in [1.807, 2.05) is 7.05 Å². The first-order valence-electron chi connectivity index (χ1n) is 5.55. The van der Waals surface area contributed by atoms with Crippen LogP contribution in [0.4, 0.5) is 0 Å². The van der Waals surface area contributed by atoms with Gasteiger partial charge in [0.05, 0.1) is 5.69 Å². The van der Waals surface area contributed by atoms with Crippen LogP contribution in [0.3, 0.4) is 0 Å². The number of rotatable bonds is 3. The SMILES string of the molecule is CNCc1ncoc1C1Cc2ccccc21. The first-order valence-corrected chi connectivity index (χ1v) is 5.55. The van der Waals surface area contributed by atoms with Gasteiger partial charge in [-0.1, -0.05) is 24.3 Å². The molecule has 0 aliphatic heterocycles. The minimum atomic E-state index is 0.405. The van der Waals surface area contributed by atoms with Crippen molar-refractivity contribution in [1.82, 2.24) is 10.3 Å². The van der Waals surface area contributed by atoms with Gasteiger partial charge >= 0.3 is 0 Å². The first kappa shape index (κ1) is 9.60. The molecule has 1 N–H and O–H groups in total. The van der Waals surface area contributed by atoms with Crippen LogP contribution in [0.2, 0.25) is 0 Å². The molecule has 0 bridgehead atoms. The van der Waals surface area contributed by atoms with Gasteiger partial charge < -0.3 is 9.73 Å². The minimum absolute atomic E-state index is 0.405. The van der Waals surface area contributed by atoms with Gasteiger partial charge in [0, 0.05) is 12.5 Å². The molecule has 1 aromatic carbocycles. The number of nitrogens with one attached hydrogen (secondary N) is 1. The molecule has 82 valence electrons. The molecule has 1 aliphatic carbocycles. The van der Waals surface area contributed by atoms with Gasteiger partial charge in [0.1, 0.15) is 5.76 Å². The van der Waals surface area contributed by atoms with Crippen LogP contribution in [0.5, 0.6) is 0 Å². The van der Waals surface area contributed by atoms with E-state index >= 15 is 0 Å². The first-order chi connectivity index (χ1) is 7.90. The summed E-state index contributed by atoms with van der Waals surface area (Å²) in [4.78, 5) is 4.25. The Morgan fingerprint density at radius 1 is 1.44 bits per heavy atom. The molecular formula is C13H14N2O. The van der Waals surface area contributed by atoms with E-state index in [0.717, 1.165) is 24.4 Å². The molecular weight excluding hydrogens is 200 g/mol. The smallest absolute Gasteiger partial charge is 0.181 e. The van der Waals surface area contributed by atoms with Crippen molar-refractivity contribution in [2.45, 2.75) is 18.9 Å². The zero-order valence-corrected chi connectivity index (χ0v) is 9.23. The summed E-state index contributed by atoms with van der Waals surface area (Å²) < 4.78 is 5.53. The third-order valence-corrected chi connectivity index (χ3v) is 3.19. The lowest BCUT2D eigenvalue weighted by Gasteiger charge is -2.28. The molecule has 0 radical (unpaired) electrons. The van der Waals surface area contributed by atoms with Crippen LogP contribution >= 0.6 is 0 Å². The fourth-order valence-corrected chi connectivity index (χ4v) is 2.35. The molecule has 0 fully saturated rings. The van der Waals surface area contributed by atoms with Crippen LogP contribution in [0, 0.1) is 0 Å². The molecule has 1 atom stereocenters. The highest BCUT2D eigenvalue weighted by molar-refractivity contribution is 5.45. The normalized spacial score (nSPS) is 17.9. The Bertz CT molecular complexity index is 504. The molecule has 0 amide bonds. The fourth-order valence-electron chi connectivity index (χ4n) is 2.35. The van der Waals surface area contributed by atoms with E-state index in [-0.39, 0.29) is 0 Å². The van der Waals surface area contributed by atoms with Crippen molar-refractivity contribution in [2.75, 3.05) is 7.05 Å². The Labute approximate surface area is 94.5 Å². The van der Waals surface area contributed by atoms with E-state index in [0.29, 0.717) is 5.92 Å². The number of fused-ring (bicyclic) bond motifs is 1. The Kier molecular flexibility index (Phi) is 2.26. The second kappa shape index (κ2) is 3.76. The number of hydrogen-bond acceptors (Lipinski definition) is 3. The van der Waals surface area contributed by atoms with Gasteiger partial charge in [-0.3, -0.25) is 0 Å². The molecule has 0 spiro atoms. The van der Waals surface area contributed by atoms with Crippen LogP contribution in [-0.2, 0) is 13.0 Å². The van der Waals surface area contributed by atoms with E-state index < -0.39 is 0 Å². The van der Waals surface area contributed by atoms with Gasteiger partial charge in [0.25, 0.3) is 0 Å². The van der Waals surface area contributed by atoms with E-state index in [4.69, 9.17) is 4.42 Å². The lowest BCUT2D eigenvalue weighted by atomic mass is 9.76. The highest BCUT2D eigenvalue weighted by Gasteiger charge is 2.31. The molecule has 3 nitrogen and oxygen atoms in total. The average Bonchev–Trinajstić information content (AvgIpc) is 2.69. The number of aromatic nitrogens is 1. The lowest BCUT2D eigenvalue weighted by Crippen LogP contribution is -2.20. The molecule has 2 aromatic rings. The molecule has 0 saturated carbocycles. The van der Waals surface area contributed by atoms with Crippen LogP contribution < -0.4 is 5.32 Å². The van der Waals surface area contributed by atoms with Crippen LogP contribution in [0.25, 0.3) is 0 Å². The number of nitrogens with zero attached hydrogens (tertiary/aromatic N) is 1. The van der Waals surface area contributed by atoms with E-state index in [1.165, 1.54) is 11.1 Å². The number of hydrogen-bond donors (Lipinski definition) is 1. The summed E-state index contributed by atoms with van der Waals surface area (Å²) in [6.07, 6.45) is 2.62. The number of oxazole rings is 1. The molecule has 1 aliphatic rings. The average molecular weight is 214 g/mol. The Morgan fingerprint density at radius 2 is 2.31 bits per heavy atom. The summed E-state index contributed by atoms with van der Waals surface area (Å²) in [5.41, 5.74) is 3.85.